The molecule has 0 aromatic heterocycles. The van der Waals surface area contributed by atoms with Crippen LogP contribution in [0.15, 0.2) is 56.7 Å². The second-order valence-electron chi connectivity index (χ2n) is 3.36. The molecule has 0 saturated carbocycles. The number of rotatable bonds is 3. The maximum Gasteiger partial charge on any atom is 0.151 e. The van der Waals surface area contributed by atoms with E-state index in [1.54, 1.807) is 23.9 Å². The minimum Gasteiger partial charge on any atom is -0.298 e. The molecule has 0 atom stereocenters. The molecular formula is C13H8BrClOS. The second-order valence-corrected chi connectivity index (χ2v) is 5.82. The molecule has 0 aliphatic rings. The molecule has 0 aliphatic heterocycles. The fourth-order valence-electron chi connectivity index (χ4n) is 1.33. The lowest BCUT2D eigenvalue weighted by Gasteiger charge is -2.05. The van der Waals surface area contributed by atoms with E-state index in [2.05, 4.69) is 15.9 Å². The van der Waals surface area contributed by atoms with Gasteiger partial charge < -0.3 is 0 Å². The Morgan fingerprint density at radius 3 is 2.47 bits per heavy atom. The fourth-order valence-corrected chi connectivity index (χ4v) is 2.67. The van der Waals surface area contributed by atoms with E-state index in [1.165, 1.54) is 0 Å². The highest BCUT2D eigenvalue weighted by molar-refractivity contribution is 9.10. The van der Waals surface area contributed by atoms with Gasteiger partial charge in [0.05, 0.1) is 0 Å². The van der Waals surface area contributed by atoms with Crippen LogP contribution in [0.2, 0.25) is 5.02 Å². The SMILES string of the molecule is O=Cc1cc(Cl)ccc1Sc1ccc(Br)cc1. The summed E-state index contributed by atoms with van der Waals surface area (Å²) in [6.45, 7) is 0. The number of hydrogen-bond donors (Lipinski definition) is 0. The summed E-state index contributed by atoms with van der Waals surface area (Å²) in [6, 6.07) is 13.3. The van der Waals surface area contributed by atoms with Gasteiger partial charge in [-0.25, -0.2) is 0 Å². The molecule has 0 unspecified atom stereocenters. The van der Waals surface area contributed by atoms with Crippen molar-refractivity contribution >= 4 is 45.6 Å². The van der Waals surface area contributed by atoms with Crippen LogP contribution in [-0.2, 0) is 0 Å². The zero-order valence-corrected chi connectivity index (χ0v) is 11.8. The van der Waals surface area contributed by atoms with Crippen LogP contribution < -0.4 is 0 Å². The zero-order chi connectivity index (χ0) is 12.3. The topological polar surface area (TPSA) is 17.1 Å². The van der Waals surface area contributed by atoms with E-state index in [-0.39, 0.29) is 0 Å². The smallest absolute Gasteiger partial charge is 0.151 e. The highest BCUT2D eigenvalue weighted by atomic mass is 79.9. The molecule has 4 heteroatoms. The largest absolute Gasteiger partial charge is 0.298 e. The number of carbonyl (C=O) groups is 1. The number of benzene rings is 2. The third-order valence-electron chi connectivity index (χ3n) is 2.14. The predicted molar refractivity (Wildman–Crippen MR) is 75.1 cm³/mol. The molecule has 0 fully saturated rings. The average Bonchev–Trinajstić information content (AvgIpc) is 2.34. The summed E-state index contributed by atoms with van der Waals surface area (Å²) in [5.74, 6) is 0. The highest BCUT2D eigenvalue weighted by Gasteiger charge is 2.04. The third-order valence-corrected chi connectivity index (χ3v) is 4.00. The summed E-state index contributed by atoms with van der Waals surface area (Å²) in [4.78, 5) is 12.9. The van der Waals surface area contributed by atoms with Crippen molar-refractivity contribution in [2.45, 2.75) is 9.79 Å². The normalized spacial score (nSPS) is 10.2. The van der Waals surface area contributed by atoms with Crippen molar-refractivity contribution in [3.8, 4) is 0 Å². The Bertz CT molecular complexity index is 540. The highest BCUT2D eigenvalue weighted by Crippen LogP contribution is 2.31. The van der Waals surface area contributed by atoms with Crippen LogP contribution in [0.25, 0.3) is 0 Å². The molecule has 86 valence electrons. The number of hydrogen-bond acceptors (Lipinski definition) is 2. The summed E-state index contributed by atoms with van der Waals surface area (Å²) < 4.78 is 1.04. The van der Waals surface area contributed by atoms with E-state index in [9.17, 15) is 4.79 Å². The first-order valence-corrected chi connectivity index (χ1v) is 6.86. The van der Waals surface area contributed by atoms with Gasteiger partial charge in [-0.05, 0) is 42.5 Å². The lowest BCUT2D eigenvalue weighted by Crippen LogP contribution is -1.84. The first kappa shape index (κ1) is 12.7. The lowest BCUT2D eigenvalue weighted by molar-refractivity contribution is 0.112. The standard InChI is InChI=1S/C13H8BrClOS/c14-10-1-4-12(5-2-10)17-13-6-3-11(15)7-9(13)8-16/h1-8H. The molecule has 0 bridgehead atoms. The van der Waals surface area contributed by atoms with Crippen LogP contribution in [0, 0.1) is 0 Å². The van der Waals surface area contributed by atoms with Crippen molar-refractivity contribution in [1.29, 1.82) is 0 Å². The summed E-state index contributed by atoms with van der Waals surface area (Å²) in [6.07, 6.45) is 0.826. The Morgan fingerprint density at radius 1 is 1.12 bits per heavy atom. The Hall–Kier alpha value is -0.770. The van der Waals surface area contributed by atoms with Gasteiger partial charge in [0.2, 0.25) is 0 Å². The predicted octanol–water partition coefficient (Wildman–Crippen LogP) is 5.07. The van der Waals surface area contributed by atoms with Crippen LogP contribution in [0.4, 0.5) is 0 Å². The quantitative estimate of drug-likeness (QED) is 0.732. The summed E-state index contributed by atoms with van der Waals surface area (Å²) in [5.41, 5.74) is 0.616. The van der Waals surface area contributed by atoms with E-state index in [0.717, 1.165) is 20.5 Å². The van der Waals surface area contributed by atoms with Crippen LogP contribution >= 0.6 is 39.3 Å². The van der Waals surface area contributed by atoms with Gasteiger partial charge in [0.1, 0.15) is 0 Å². The molecule has 0 aliphatic carbocycles. The fraction of sp³-hybridized carbons (Fsp3) is 0. The minimum atomic E-state index is 0.576. The summed E-state index contributed by atoms with van der Waals surface area (Å²) in [7, 11) is 0. The number of halogens is 2. The van der Waals surface area contributed by atoms with Gasteiger partial charge in [0.15, 0.2) is 6.29 Å². The maximum absolute atomic E-state index is 10.9. The lowest BCUT2D eigenvalue weighted by atomic mass is 10.2. The Kier molecular flexibility index (Phi) is 4.26. The van der Waals surface area contributed by atoms with Crippen molar-refractivity contribution < 1.29 is 4.79 Å². The van der Waals surface area contributed by atoms with Crippen molar-refractivity contribution in [1.82, 2.24) is 0 Å². The number of carbonyl (C=O) groups excluding carboxylic acids is 1. The van der Waals surface area contributed by atoms with Gasteiger partial charge in [-0.2, -0.15) is 0 Å². The van der Waals surface area contributed by atoms with E-state index in [4.69, 9.17) is 11.6 Å². The summed E-state index contributed by atoms with van der Waals surface area (Å²) >= 11 is 10.8. The molecule has 0 amide bonds. The molecule has 0 N–H and O–H groups in total. The molecule has 2 aromatic carbocycles. The van der Waals surface area contributed by atoms with E-state index >= 15 is 0 Å². The van der Waals surface area contributed by atoms with E-state index in [1.807, 2.05) is 30.3 Å². The zero-order valence-electron chi connectivity index (χ0n) is 8.69. The van der Waals surface area contributed by atoms with Crippen molar-refractivity contribution in [2.24, 2.45) is 0 Å². The van der Waals surface area contributed by atoms with Gasteiger partial charge in [0, 0.05) is 24.8 Å². The van der Waals surface area contributed by atoms with Crippen LogP contribution in [0.5, 0.6) is 0 Å². The molecule has 0 spiro atoms. The minimum absolute atomic E-state index is 0.576. The molecule has 1 nitrogen and oxygen atoms in total. The van der Waals surface area contributed by atoms with Crippen LogP contribution in [0.3, 0.4) is 0 Å². The monoisotopic (exact) mass is 326 g/mol. The van der Waals surface area contributed by atoms with Crippen molar-refractivity contribution in [3.05, 3.63) is 57.5 Å². The number of aldehydes is 1. The molecule has 0 radical (unpaired) electrons. The molecule has 0 saturated heterocycles. The van der Waals surface area contributed by atoms with Crippen molar-refractivity contribution in [3.63, 3.8) is 0 Å². The maximum atomic E-state index is 10.9. The first-order valence-electron chi connectivity index (χ1n) is 4.87. The van der Waals surface area contributed by atoms with Gasteiger partial charge in [0.25, 0.3) is 0 Å². The van der Waals surface area contributed by atoms with Gasteiger partial charge in [-0.3, -0.25) is 4.79 Å². The first-order chi connectivity index (χ1) is 8.19. The van der Waals surface area contributed by atoms with Gasteiger partial charge in [-0.1, -0.05) is 39.3 Å². The third kappa shape index (κ3) is 3.35. The molecule has 0 heterocycles. The second kappa shape index (κ2) is 5.71. The van der Waals surface area contributed by atoms with E-state index in [0.29, 0.717) is 10.6 Å². The van der Waals surface area contributed by atoms with Gasteiger partial charge in [-0.15, -0.1) is 0 Å². The van der Waals surface area contributed by atoms with Crippen LogP contribution in [0.1, 0.15) is 10.4 Å². The Morgan fingerprint density at radius 2 is 1.82 bits per heavy atom. The van der Waals surface area contributed by atoms with Crippen LogP contribution in [-0.4, -0.2) is 6.29 Å². The molecular weight excluding hydrogens is 320 g/mol. The average molecular weight is 328 g/mol. The molecule has 2 aromatic rings. The molecule has 2 rings (SSSR count). The molecule has 17 heavy (non-hydrogen) atoms. The van der Waals surface area contributed by atoms with Gasteiger partial charge >= 0.3 is 0 Å². The Balaban J connectivity index is 2.29. The van der Waals surface area contributed by atoms with E-state index < -0.39 is 0 Å². The Labute approximate surface area is 117 Å². The summed E-state index contributed by atoms with van der Waals surface area (Å²) in [5, 5.41) is 0.576. The van der Waals surface area contributed by atoms with Crippen molar-refractivity contribution in [2.75, 3.05) is 0 Å².